The van der Waals surface area contributed by atoms with E-state index in [-0.39, 0.29) is 0 Å². The Bertz CT molecular complexity index is 417. The van der Waals surface area contributed by atoms with Crippen LogP contribution >= 0.6 is 0 Å². The van der Waals surface area contributed by atoms with Crippen molar-refractivity contribution in [1.82, 2.24) is 4.98 Å². The smallest absolute Gasteiger partial charge is 0.123 e. The molecule has 0 aromatic carbocycles. The molecule has 0 heterocycles. The Balaban J connectivity index is 1.57. The highest BCUT2D eigenvalue weighted by Crippen LogP contribution is 2.62. The van der Waals surface area contributed by atoms with E-state index in [1.807, 2.05) is 0 Å². The second kappa shape index (κ2) is 6.72. The van der Waals surface area contributed by atoms with Crippen LogP contribution in [0.1, 0.15) is 90.4 Å². The van der Waals surface area contributed by atoms with Gasteiger partial charge in [0.25, 0.3) is 0 Å². The molecular weight excluding hydrogens is 306 g/mol. The van der Waals surface area contributed by atoms with Crippen molar-refractivity contribution < 1.29 is 0 Å². The summed E-state index contributed by atoms with van der Waals surface area (Å²) in [5, 5.41) is 0. The van der Waals surface area contributed by atoms with Crippen LogP contribution in [0, 0.1) is 23.7 Å². The zero-order valence-corrected chi connectivity index (χ0v) is 17.6. The molecule has 1 N–H and O–H groups in total. The maximum Gasteiger partial charge on any atom is 0.123 e. The summed E-state index contributed by atoms with van der Waals surface area (Å²) in [5.41, 5.74) is 1.54. The quantitative estimate of drug-likeness (QED) is 0.574. The zero-order valence-electron chi connectivity index (χ0n) is 16.6. The van der Waals surface area contributed by atoms with Gasteiger partial charge in [0.2, 0.25) is 0 Å². The summed E-state index contributed by atoms with van der Waals surface area (Å²) in [6.45, 7) is 8.01. The first-order valence-electron chi connectivity index (χ1n) is 11.3. The van der Waals surface area contributed by atoms with E-state index in [0.29, 0.717) is 5.54 Å². The lowest BCUT2D eigenvalue weighted by Gasteiger charge is -2.47. The van der Waals surface area contributed by atoms with Crippen LogP contribution in [0.5, 0.6) is 0 Å². The second-order valence-corrected chi connectivity index (χ2v) is 15.1. The fourth-order valence-corrected chi connectivity index (χ4v) is 13.0. The van der Waals surface area contributed by atoms with E-state index in [0.717, 1.165) is 29.2 Å². The molecule has 4 unspecified atom stereocenters. The van der Waals surface area contributed by atoms with Gasteiger partial charge in [-0.25, -0.2) is 0 Å². The van der Waals surface area contributed by atoms with Gasteiger partial charge in [0.05, 0.1) is 0 Å². The molecule has 0 aromatic heterocycles. The van der Waals surface area contributed by atoms with Crippen LogP contribution in [0.4, 0.5) is 0 Å². The van der Waals surface area contributed by atoms with Gasteiger partial charge >= 0.3 is 0 Å². The Kier molecular flexibility index (Phi) is 4.93. The van der Waals surface area contributed by atoms with E-state index in [9.17, 15) is 0 Å². The molecule has 2 heteroatoms. The minimum absolute atomic E-state index is 0.463. The van der Waals surface area contributed by atoms with E-state index in [1.54, 1.807) is 25.7 Å². The Labute approximate surface area is 151 Å². The van der Waals surface area contributed by atoms with Crippen LogP contribution in [-0.2, 0) is 0 Å². The first-order chi connectivity index (χ1) is 11.5. The van der Waals surface area contributed by atoms with E-state index >= 15 is 0 Å². The molecule has 0 amide bonds. The van der Waals surface area contributed by atoms with Crippen molar-refractivity contribution in [2.45, 2.75) is 115 Å². The molecule has 1 nitrogen and oxygen atoms in total. The molecule has 4 aliphatic carbocycles. The second-order valence-electron chi connectivity index (χ2n) is 10.7. The SMILES string of the molecule is CC1(N[Si](C)(C)C2C3CCCCC3C3CCCCC32)CCCCC1. The summed E-state index contributed by atoms with van der Waals surface area (Å²) >= 11 is 0. The number of hydrogen-bond acceptors (Lipinski definition) is 1. The number of rotatable bonds is 3. The third kappa shape index (κ3) is 3.15. The molecule has 0 saturated heterocycles. The molecule has 0 aliphatic heterocycles. The average Bonchev–Trinajstić information content (AvgIpc) is 2.90. The molecule has 4 fully saturated rings. The molecule has 4 rings (SSSR count). The largest absolute Gasteiger partial charge is 0.332 e. The highest BCUT2D eigenvalue weighted by Gasteiger charge is 2.57. The van der Waals surface area contributed by atoms with Crippen LogP contribution in [0.15, 0.2) is 0 Å². The lowest BCUT2D eigenvalue weighted by molar-refractivity contribution is 0.184. The third-order valence-corrected chi connectivity index (χ3v) is 12.4. The maximum atomic E-state index is 4.42. The summed E-state index contributed by atoms with van der Waals surface area (Å²) in [6, 6.07) is 0. The summed E-state index contributed by atoms with van der Waals surface area (Å²) in [5.74, 6) is 4.41. The van der Waals surface area contributed by atoms with Crippen molar-refractivity contribution in [3.63, 3.8) is 0 Å². The van der Waals surface area contributed by atoms with Gasteiger partial charge in [0, 0.05) is 5.54 Å². The predicted molar refractivity (Wildman–Crippen MR) is 107 cm³/mol. The Morgan fingerprint density at radius 1 is 0.667 bits per heavy atom. The number of hydrogen-bond donors (Lipinski definition) is 1. The van der Waals surface area contributed by atoms with Gasteiger partial charge in [0.15, 0.2) is 0 Å². The summed E-state index contributed by atoms with van der Waals surface area (Å²) < 4.78 is 0. The maximum absolute atomic E-state index is 4.42. The van der Waals surface area contributed by atoms with Crippen molar-refractivity contribution in [2.24, 2.45) is 23.7 Å². The van der Waals surface area contributed by atoms with E-state index in [4.69, 9.17) is 0 Å². The van der Waals surface area contributed by atoms with Crippen LogP contribution in [-0.4, -0.2) is 13.8 Å². The predicted octanol–water partition coefficient (Wildman–Crippen LogP) is 6.50. The number of nitrogens with one attached hydrogen (secondary N) is 1. The van der Waals surface area contributed by atoms with Gasteiger partial charge in [-0.15, -0.1) is 0 Å². The van der Waals surface area contributed by atoms with Gasteiger partial charge in [-0.1, -0.05) is 70.9 Å². The molecule has 0 bridgehead atoms. The first-order valence-corrected chi connectivity index (χ1v) is 14.4. The summed E-state index contributed by atoms with van der Waals surface area (Å²) in [6.07, 6.45) is 19.6. The normalized spacial score (nSPS) is 42.4. The van der Waals surface area contributed by atoms with Gasteiger partial charge in [-0.2, -0.15) is 0 Å². The topological polar surface area (TPSA) is 12.0 Å². The standard InChI is InChI=1S/C22H41NSi/c1-22(15-9-4-10-16-22)23-24(2,3)21-19-13-7-5-11-17(19)18-12-6-8-14-20(18)21/h17-21,23H,4-16H2,1-3H3. The molecular formula is C22H41NSi. The fraction of sp³-hybridized carbons (Fsp3) is 1.00. The van der Waals surface area contributed by atoms with E-state index in [1.165, 1.54) is 57.8 Å². The van der Waals surface area contributed by atoms with Gasteiger partial charge in [0.1, 0.15) is 8.24 Å². The van der Waals surface area contributed by atoms with Crippen LogP contribution in [0.25, 0.3) is 0 Å². The Hall–Kier alpha value is 0.177. The lowest BCUT2D eigenvalue weighted by Crippen LogP contribution is -2.61. The monoisotopic (exact) mass is 347 g/mol. The molecule has 0 aromatic rings. The van der Waals surface area contributed by atoms with Crippen LogP contribution in [0.3, 0.4) is 0 Å². The Morgan fingerprint density at radius 3 is 1.62 bits per heavy atom. The van der Waals surface area contributed by atoms with E-state index < -0.39 is 8.24 Å². The van der Waals surface area contributed by atoms with Gasteiger partial charge in [-0.3, -0.25) is 0 Å². The average molecular weight is 348 g/mol. The minimum atomic E-state index is -1.40. The zero-order chi connectivity index (χ0) is 16.8. The molecule has 4 aliphatic rings. The molecule has 4 atom stereocenters. The highest BCUT2D eigenvalue weighted by atomic mass is 28.3. The molecule has 4 saturated carbocycles. The molecule has 138 valence electrons. The lowest BCUT2D eigenvalue weighted by atomic mass is 9.73. The fourth-order valence-electron chi connectivity index (χ4n) is 8.04. The third-order valence-electron chi connectivity index (χ3n) is 8.64. The van der Waals surface area contributed by atoms with Gasteiger partial charge in [-0.05, 0) is 61.8 Å². The van der Waals surface area contributed by atoms with Crippen molar-refractivity contribution in [3.8, 4) is 0 Å². The summed E-state index contributed by atoms with van der Waals surface area (Å²) in [7, 11) is -1.40. The highest BCUT2D eigenvalue weighted by molar-refractivity contribution is 6.76. The summed E-state index contributed by atoms with van der Waals surface area (Å²) in [4.78, 5) is 4.42. The van der Waals surface area contributed by atoms with Crippen LogP contribution < -0.4 is 4.98 Å². The molecule has 24 heavy (non-hydrogen) atoms. The molecule has 0 spiro atoms. The van der Waals surface area contributed by atoms with Crippen LogP contribution in [0.2, 0.25) is 18.6 Å². The van der Waals surface area contributed by atoms with E-state index in [2.05, 4.69) is 25.0 Å². The van der Waals surface area contributed by atoms with Crippen molar-refractivity contribution in [1.29, 1.82) is 0 Å². The van der Waals surface area contributed by atoms with Crippen molar-refractivity contribution in [3.05, 3.63) is 0 Å². The Morgan fingerprint density at radius 2 is 1.12 bits per heavy atom. The first kappa shape index (κ1) is 17.6. The van der Waals surface area contributed by atoms with Gasteiger partial charge < -0.3 is 4.98 Å². The van der Waals surface area contributed by atoms with Crippen molar-refractivity contribution in [2.75, 3.05) is 0 Å². The minimum Gasteiger partial charge on any atom is -0.332 e. The molecule has 0 radical (unpaired) electrons. The number of fused-ring (bicyclic) bond motifs is 3. The van der Waals surface area contributed by atoms with Crippen molar-refractivity contribution >= 4 is 8.24 Å².